The number of nitrogens with zero attached hydrogens (tertiary/aromatic N) is 2. The van der Waals surface area contributed by atoms with E-state index in [-0.39, 0.29) is 18.1 Å². The molecule has 0 aliphatic carbocycles. The summed E-state index contributed by atoms with van der Waals surface area (Å²) in [6.45, 7) is 1.29. The molecule has 2 bridgehead atoms. The summed E-state index contributed by atoms with van der Waals surface area (Å²) in [7, 11) is 0. The van der Waals surface area contributed by atoms with Crippen molar-refractivity contribution in [1.82, 2.24) is 14.9 Å². The topological polar surface area (TPSA) is 48.6 Å². The van der Waals surface area contributed by atoms with Crippen molar-refractivity contribution in [3.8, 4) is 0 Å². The lowest BCUT2D eigenvalue weighted by Crippen LogP contribution is -2.60. The molecule has 3 unspecified atom stereocenters. The van der Waals surface area contributed by atoms with E-state index in [1.165, 1.54) is 10.6 Å². The lowest BCUT2D eigenvalue weighted by atomic mass is 9.96. The van der Waals surface area contributed by atoms with Crippen molar-refractivity contribution >= 4 is 28.4 Å². The van der Waals surface area contributed by atoms with Gasteiger partial charge in [0, 0.05) is 34.7 Å². The van der Waals surface area contributed by atoms with Crippen LogP contribution in [-0.4, -0.2) is 46.2 Å². The molecule has 2 aliphatic heterocycles. The largest absolute Gasteiger partial charge is 0.361 e. The highest BCUT2D eigenvalue weighted by atomic mass is 35.5. The van der Waals surface area contributed by atoms with E-state index < -0.39 is 0 Å². The Bertz CT molecular complexity index is 1060. The molecule has 29 heavy (non-hydrogen) atoms. The Labute approximate surface area is 174 Å². The summed E-state index contributed by atoms with van der Waals surface area (Å²) in [4.78, 5) is 24.6. The van der Waals surface area contributed by atoms with E-state index in [1.54, 1.807) is 0 Å². The molecular weight excluding hydrogens is 386 g/mol. The third-order valence-electron chi connectivity index (χ3n) is 5.73. The van der Waals surface area contributed by atoms with E-state index in [9.17, 15) is 4.79 Å². The van der Waals surface area contributed by atoms with Crippen LogP contribution in [0.4, 0.5) is 0 Å². The zero-order chi connectivity index (χ0) is 19.8. The Balaban J connectivity index is 1.29. The van der Waals surface area contributed by atoms with Crippen LogP contribution in [0.3, 0.4) is 0 Å². The normalized spacial score (nSPS) is 23.5. The van der Waals surface area contributed by atoms with Crippen molar-refractivity contribution in [2.45, 2.75) is 25.0 Å². The van der Waals surface area contributed by atoms with Gasteiger partial charge in [-0.25, -0.2) is 5.06 Å². The molecule has 2 aliphatic rings. The number of carbonyl (C=O) groups is 1. The molecule has 1 amide bonds. The molecule has 5 nitrogen and oxygen atoms in total. The lowest BCUT2D eigenvalue weighted by Gasteiger charge is -2.46. The number of fused-ring (bicyclic) bond motifs is 3. The second-order valence-electron chi connectivity index (χ2n) is 7.62. The van der Waals surface area contributed by atoms with Crippen molar-refractivity contribution in [2.24, 2.45) is 0 Å². The molecule has 6 heteroatoms. The maximum absolute atomic E-state index is 13.0. The first-order valence-corrected chi connectivity index (χ1v) is 10.2. The van der Waals surface area contributed by atoms with Gasteiger partial charge < -0.3 is 4.98 Å². The van der Waals surface area contributed by atoms with E-state index in [0.29, 0.717) is 13.1 Å². The van der Waals surface area contributed by atoms with Crippen LogP contribution in [0.1, 0.15) is 11.1 Å². The molecule has 0 saturated carbocycles. The summed E-state index contributed by atoms with van der Waals surface area (Å²) in [5.41, 5.74) is 3.25. The first kappa shape index (κ1) is 18.4. The number of benzene rings is 2. The first-order chi connectivity index (χ1) is 14.2. The summed E-state index contributed by atoms with van der Waals surface area (Å²) >= 11 is 6.01. The monoisotopic (exact) mass is 407 g/mol. The number of amides is 1. The van der Waals surface area contributed by atoms with Crippen molar-refractivity contribution in [1.29, 1.82) is 0 Å². The van der Waals surface area contributed by atoms with Gasteiger partial charge >= 0.3 is 0 Å². The van der Waals surface area contributed by atoms with Crippen LogP contribution < -0.4 is 0 Å². The molecule has 148 valence electrons. The van der Waals surface area contributed by atoms with Gasteiger partial charge in [-0.1, -0.05) is 54.1 Å². The predicted octanol–water partition coefficient (Wildman–Crippen LogP) is 3.95. The standard InChI is InChI=1S/C23H22ClN3O2/c24-18-9-7-16(8-10-18)12-21-22-6-3-11-26(21)15-27(29-22)23(28)13-17-14-25-20-5-2-1-4-19(17)20/h1-10,14,21-22,25H,11-13,15H2. The molecule has 1 saturated heterocycles. The molecule has 5 rings (SSSR count). The Morgan fingerprint density at radius 1 is 1.17 bits per heavy atom. The zero-order valence-corrected chi connectivity index (χ0v) is 16.7. The molecule has 3 atom stereocenters. The number of hydrogen-bond donors (Lipinski definition) is 1. The summed E-state index contributed by atoms with van der Waals surface area (Å²) in [5, 5.41) is 3.34. The number of nitrogens with one attached hydrogen (secondary N) is 1. The summed E-state index contributed by atoms with van der Waals surface area (Å²) < 4.78 is 0. The minimum atomic E-state index is -0.139. The van der Waals surface area contributed by atoms with Gasteiger partial charge in [-0.05, 0) is 35.7 Å². The van der Waals surface area contributed by atoms with Crippen LogP contribution in [0.15, 0.2) is 66.9 Å². The fourth-order valence-corrected chi connectivity index (χ4v) is 4.31. The number of halogens is 1. The Kier molecular flexibility index (Phi) is 4.87. The van der Waals surface area contributed by atoms with Crippen LogP contribution >= 0.6 is 11.6 Å². The minimum absolute atomic E-state index is 0.0232. The second-order valence-corrected chi connectivity index (χ2v) is 8.05. The Hall–Kier alpha value is -2.60. The van der Waals surface area contributed by atoms with E-state index in [0.717, 1.165) is 34.5 Å². The Morgan fingerprint density at radius 3 is 2.83 bits per heavy atom. The highest BCUT2D eigenvalue weighted by Gasteiger charge is 2.38. The predicted molar refractivity (Wildman–Crippen MR) is 113 cm³/mol. The number of para-hydroxylation sites is 1. The van der Waals surface area contributed by atoms with Crippen molar-refractivity contribution in [3.05, 3.63) is 83.0 Å². The molecule has 1 aromatic heterocycles. The number of H-pyrrole nitrogens is 1. The smallest absolute Gasteiger partial charge is 0.251 e. The highest BCUT2D eigenvalue weighted by Crippen LogP contribution is 2.27. The fraction of sp³-hybridized carbons (Fsp3) is 0.261. The number of aromatic nitrogens is 1. The Morgan fingerprint density at radius 2 is 2.00 bits per heavy atom. The number of hydrogen-bond acceptors (Lipinski definition) is 3. The summed E-state index contributed by atoms with van der Waals surface area (Å²) in [6.07, 6.45) is 7.14. The van der Waals surface area contributed by atoms with Crippen molar-refractivity contribution in [3.63, 3.8) is 0 Å². The van der Waals surface area contributed by atoms with Gasteiger partial charge in [-0.3, -0.25) is 14.5 Å². The number of hydroxylamine groups is 2. The average molecular weight is 408 g/mol. The first-order valence-electron chi connectivity index (χ1n) is 9.85. The quantitative estimate of drug-likeness (QED) is 0.666. The molecule has 2 aromatic carbocycles. The van der Waals surface area contributed by atoms with Crippen LogP contribution in [-0.2, 0) is 22.5 Å². The third kappa shape index (κ3) is 3.69. The number of aromatic amines is 1. The fourth-order valence-electron chi connectivity index (χ4n) is 4.19. The van der Waals surface area contributed by atoms with Crippen LogP contribution in [0.25, 0.3) is 10.9 Å². The van der Waals surface area contributed by atoms with E-state index >= 15 is 0 Å². The number of rotatable bonds is 4. The molecule has 3 heterocycles. The van der Waals surface area contributed by atoms with Gasteiger partial charge in [0.05, 0.1) is 6.42 Å². The van der Waals surface area contributed by atoms with Crippen LogP contribution in [0.5, 0.6) is 0 Å². The van der Waals surface area contributed by atoms with E-state index in [4.69, 9.17) is 16.4 Å². The molecule has 3 aromatic rings. The maximum Gasteiger partial charge on any atom is 0.251 e. The molecule has 1 N–H and O–H groups in total. The van der Waals surface area contributed by atoms with Crippen molar-refractivity contribution in [2.75, 3.05) is 13.2 Å². The second kappa shape index (κ2) is 7.67. The molecule has 0 radical (unpaired) electrons. The molecular formula is C23H22ClN3O2. The zero-order valence-electron chi connectivity index (χ0n) is 15.9. The van der Waals surface area contributed by atoms with Crippen molar-refractivity contribution < 1.29 is 9.63 Å². The summed E-state index contributed by atoms with van der Waals surface area (Å²) in [5.74, 6) is -0.0232. The summed E-state index contributed by atoms with van der Waals surface area (Å²) in [6, 6.07) is 16.2. The SMILES string of the molecule is O=C(Cc1c[nH]c2ccccc12)N1CN2CC=CC(O1)C2Cc1ccc(Cl)cc1. The van der Waals surface area contributed by atoms with Gasteiger partial charge in [0.15, 0.2) is 0 Å². The lowest BCUT2D eigenvalue weighted by molar-refractivity contribution is -0.252. The van der Waals surface area contributed by atoms with Gasteiger partial charge in [0.1, 0.15) is 12.8 Å². The number of carbonyl (C=O) groups excluding carboxylic acids is 1. The highest BCUT2D eigenvalue weighted by molar-refractivity contribution is 6.30. The van der Waals surface area contributed by atoms with Gasteiger partial charge in [0.2, 0.25) is 0 Å². The van der Waals surface area contributed by atoms with E-state index in [1.807, 2.05) is 42.6 Å². The van der Waals surface area contributed by atoms with E-state index in [2.05, 4.69) is 34.2 Å². The van der Waals surface area contributed by atoms with Crippen LogP contribution in [0, 0.1) is 0 Å². The average Bonchev–Trinajstić information content (AvgIpc) is 3.12. The van der Waals surface area contributed by atoms with Crippen LogP contribution in [0.2, 0.25) is 5.02 Å². The van der Waals surface area contributed by atoms with Gasteiger partial charge in [-0.15, -0.1) is 0 Å². The molecule has 0 spiro atoms. The minimum Gasteiger partial charge on any atom is -0.361 e. The molecule has 1 fully saturated rings. The maximum atomic E-state index is 13.0. The van der Waals surface area contributed by atoms with Gasteiger partial charge in [-0.2, -0.15) is 0 Å². The van der Waals surface area contributed by atoms with Gasteiger partial charge in [0.25, 0.3) is 5.91 Å². The third-order valence-corrected chi connectivity index (χ3v) is 5.98.